The Labute approximate surface area is 193 Å². The molecule has 2 aromatic carbocycles. The second kappa shape index (κ2) is 9.54. The number of aliphatic hydroxyl groups is 1. The largest absolute Gasteiger partial charge is 0.507 e. The van der Waals surface area contributed by atoms with Crippen LogP contribution in [0.4, 0.5) is 5.69 Å². The van der Waals surface area contributed by atoms with Crippen LogP contribution in [0.5, 0.6) is 11.5 Å². The summed E-state index contributed by atoms with van der Waals surface area (Å²) < 4.78 is 16.3. The van der Waals surface area contributed by atoms with Gasteiger partial charge in [-0.15, -0.1) is 0 Å². The van der Waals surface area contributed by atoms with Crippen LogP contribution in [0.1, 0.15) is 23.6 Å². The van der Waals surface area contributed by atoms with E-state index in [0.717, 1.165) is 11.3 Å². The quantitative estimate of drug-likeness (QED) is 0.299. The van der Waals surface area contributed by atoms with E-state index in [4.69, 9.17) is 14.2 Å². The van der Waals surface area contributed by atoms with E-state index in [-0.39, 0.29) is 11.3 Å². The maximum atomic E-state index is 13.1. The highest BCUT2D eigenvalue weighted by molar-refractivity contribution is 6.46. The number of aliphatic hydroxyl groups excluding tert-OH is 1. The van der Waals surface area contributed by atoms with Crippen LogP contribution in [-0.4, -0.2) is 69.3 Å². The molecular formula is C25H28N2O6. The number of carbonyl (C=O) groups excluding carboxylic acids is 2. The first kappa shape index (κ1) is 22.7. The van der Waals surface area contributed by atoms with Crippen LogP contribution in [0.2, 0.25) is 0 Å². The van der Waals surface area contributed by atoms with Gasteiger partial charge in [0.25, 0.3) is 11.7 Å². The minimum Gasteiger partial charge on any atom is -0.507 e. The number of hydrogen-bond donors (Lipinski definition) is 1. The van der Waals surface area contributed by atoms with Crippen LogP contribution in [0, 0.1) is 0 Å². The summed E-state index contributed by atoms with van der Waals surface area (Å²) in [5.74, 6) is -0.505. The molecule has 0 aromatic heterocycles. The summed E-state index contributed by atoms with van der Waals surface area (Å²) in [7, 11) is 5.47. The monoisotopic (exact) mass is 452 g/mol. The maximum absolute atomic E-state index is 13.1. The molecule has 174 valence electrons. The van der Waals surface area contributed by atoms with E-state index < -0.39 is 17.7 Å². The Morgan fingerprint density at radius 1 is 1.09 bits per heavy atom. The lowest BCUT2D eigenvalue weighted by atomic mass is 9.95. The number of hydrogen-bond acceptors (Lipinski definition) is 7. The van der Waals surface area contributed by atoms with Crippen LogP contribution >= 0.6 is 0 Å². The number of amides is 1. The topological polar surface area (TPSA) is 88.5 Å². The Hall–Kier alpha value is -3.52. The number of carbonyl (C=O) groups is 2. The molecule has 4 rings (SSSR count). The second-order valence-corrected chi connectivity index (χ2v) is 8.18. The molecule has 8 nitrogen and oxygen atoms in total. The third-order valence-corrected chi connectivity index (χ3v) is 5.83. The molecule has 1 amide bonds. The van der Waals surface area contributed by atoms with Gasteiger partial charge in [0.2, 0.25) is 0 Å². The fraction of sp³-hybridized carbons (Fsp3) is 0.360. The molecule has 1 atom stereocenters. The highest BCUT2D eigenvalue weighted by Crippen LogP contribution is 2.41. The van der Waals surface area contributed by atoms with Crippen molar-refractivity contribution in [1.82, 2.24) is 4.90 Å². The van der Waals surface area contributed by atoms with Crippen molar-refractivity contribution in [1.29, 1.82) is 0 Å². The van der Waals surface area contributed by atoms with Crippen LogP contribution in [-0.2, 0) is 14.3 Å². The standard InChI is InChI=1S/C25H28N2O6/c1-26(2)18-8-5-16(6-9-18)22-21(24(29)25(30)27(22)11-4-12-31-3)23(28)17-7-10-19-20(15-17)33-14-13-32-19/h5-10,15,22,28H,4,11-14H2,1-3H3/b23-21+/t22-/m1/s1. The van der Waals surface area contributed by atoms with Gasteiger partial charge >= 0.3 is 0 Å². The summed E-state index contributed by atoms with van der Waals surface area (Å²) >= 11 is 0. The van der Waals surface area contributed by atoms with Gasteiger partial charge in [-0.2, -0.15) is 0 Å². The van der Waals surface area contributed by atoms with Crippen molar-refractivity contribution >= 4 is 23.1 Å². The fourth-order valence-electron chi connectivity index (χ4n) is 4.14. The van der Waals surface area contributed by atoms with Gasteiger partial charge in [-0.1, -0.05) is 12.1 Å². The number of ketones is 1. The number of fused-ring (bicyclic) bond motifs is 1. The molecule has 0 aliphatic carbocycles. The number of Topliss-reactive ketones (excluding diaryl/α,β-unsaturated/α-hetero) is 1. The summed E-state index contributed by atoms with van der Waals surface area (Å²) in [5, 5.41) is 11.2. The molecule has 2 aliphatic heterocycles. The number of methoxy groups -OCH3 is 1. The van der Waals surface area contributed by atoms with Crippen molar-refractivity contribution in [3.63, 3.8) is 0 Å². The second-order valence-electron chi connectivity index (χ2n) is 8.18. The van der Waals surface area contributed by atoms with E-state index in [1.807, 2.05) is 43.3 Å². The van der Waals surface area contributed by atoms with Gasteiger partial charge in [-0.25, -0.2) is 0 Å². The molecule has 2 heterocycles. The van der Waals surface area contributed by atoms with Crippen LogP contribution < -0.4 is 14.4 Å². The molecule has 1 saturated heterocycles. The fourth-order valence-corrected chi connectivity index (χ4v) is 4.14. The summed E-state index contributed by atoms with van der Waals surface area (Å²) in [6, 6.07) is 11.9. The average Bonchev–Trinajstić information content (AvgIpc) is 3.08. The highest BCUT2D eigenvalue weighted by atomic mass is 16.6. The van der Waals surface area contributed by atoms with E-state index in [9.17, 15) is 14.7 Å². The third-order valence-electron chi connectivity index (χ3n) is 5.83. The Morgan fingerprint density at radius 3 is 2.45 bits per heavy atom. The molecule has 1 fully saturated rings. The van der Waals surface area contributed by atoms with Gasteiger partial charge in [0, 0.05) is 45.6 Å². The minimum atomic E-state index is -0.707. The van der Waals surface area contributed by atoms with E-state index in [1.54, 1.807) is 25.3 Å². The van der Waals surface area contributed by atoms with Gasteiger partial charge in [-0.3, -0.25) is 9.59 Å². The van der Waals surface area contributed by atoms with E-state index in [0.29, 0.717) is 49.8 Å². The van der Waals surface area contributed by atoms with Crippen molar-refractivity contribution < 1.29 is 28.9 Å². The van der Waals surface area contributed by atoms with Crippen molar-refractivity contribution in [2.24, 2.45) is 0 Å². The lowest BCUT2D eigenvalue weighted by Gasteiger charge is -2.26. The van der Waals surface area contributed by atoms with Crippen molar-refractivity contribution in [3.05, 3.63) is 59.2 Å². The van der Waals surface area contributed by atoms with Crippen molar-refractivity contribution in [2.75, 3.05) is 52.5 Å². The van der Waals surface area contributed by atoms with Gasteiger partial charge in [-0.05, 0) is 42.3 Å². The van der Waals surface area contributed by atoms with E-state index >= 15 is 0 Å². The molecule has 2 aromatic rings. The van der Waals surface area contributed by atoms with Crippen molar-refractivity contribution in [2.45, 2.75) is 12.5 Å². The number of rotatable bonds is 7. The Kier molecular flexibility index (Phi) is 6.55. The summed E-state index contributed by atoms with van der Waals surface area (Å²) in [6.45, 7) is 1.64. The third kappa shape index (κ3) is 4.39. The zero-order valence-corrected chi connectivity index (χ0v) is 19.0. The number of nitrogens with zero attached hydrogens (tertiary/aromatic N) is 2. The molecule has 0 bridgehead atoms. The highest BCUT2D eigenvalue weighted by Gasteiger charge is 2.45. The molecule has 2 aliphatic rings. The predicted octanol–water partition coefficient (Wildman–Crippen LogP) is 2.98. The molecule has 1 N–H and O–H groups in total. The maximum Gasteiger partial charge on any atom is 0.295 e. The molecule has 0 saturated carbocycles. The zero-order valence-electron chi connectivity index (χ0n) is 19.0. The average molecular weight is 453 g/mol. The first-order chi connectivity index (χ1) is 15.9. The summed E-state index contributed by atoms with van der Waals surface area (Å²) in [5.41, 5.74) is 2.19. The molecule has 0 unspecified atom stereocenters. The Morgan fingerprint density at radius 2 is 1.79 bits per heavy atom. The van der Waals surface area contributed by atoms with Gasteiger partial charge in [0.15, 0.2) is 11.5 Å². The lowest BCUT2D eigenvalue weighted by molar-refractivity contribution is -0.140. The van der Waals surface area contributed by atoms with Crippen LogP contribution in [0.3, 0.4) is 0 Å². The zero-order chi connectivity index (χ0) is 23.5. The molecular weight excluding hydrogens is 424 g/mol. The summed E-state index contributed by atoms with van der Waals surface area (Å²) in [6.07, 6.45) is 0.569. The number of anilines is 1. The first-order valence-corrected chi connectivity index (χ1v) is 10.9. The van der Waals surface area contributed by atoms with E-state index in [2.05, 4.69) is 0 Å². The molecule has 33 heavy (non-hydrogen) atoms. The summed E-state index contributed by atoms with van der Waals surface area (Å²) in [4.78, 5) is 29.6. The van der Waals surface area contributed by atoms with Crippen LogP contribution in [0.25, 0.3) is 5.76 Å². The normalized spacial score (nSPS) is 19.1. The lowest BCUT2D eigenvalue weighted by Crippen LogP contribution is -2.31. The Bertz CT molecular complexity index is 1080. The SMILES string of the molecule is COCCCN1C(=O)C(=O)/C(=C(/O)c2ccc3c(c2)OCCO3)[C@H]1c1ccc(N(C)C)cc1. The minimum absolute atomic E-state index is 0.0618. The van der Waals surface area contributed by atoms with Crippen LogP contribution in [0.15, 0.2) is 48.0 Å². The van der Waals surface area contributed by atoms with Gasteiger partial charge in [0.1, 0.15) is 19.0 Å². The smallest absolute Gasteiger partial charge is 0.295 e. The van der Waals surface area contributed by atoms with Crippen molar-refractivity contribution in [3.8, 4) is 11.5 Å². The van der Waals surface area contributed by atoms with Gasteiger partial charge < -0.3 is 29.1 Å². The molecule has 0 spiro atoms. The number of ether oxygens (including phenoxy) is 3. The predicted molar refractivity (Wildman–Crippen MR) is 124 cm³/mol. The number of benzene rings is 2. The first-order valence-electron chi connectivity index (χ1n) is 10.9. The molecule has 8 heteroatoms. The van der Waals surface area contributed by atoms with E-state index in [1.165, 1.54) is 4.90 Å². The van der Waals surface area contributed by atoms with Gasteiger partial charge in [0.05, 0.1) is 11.6 Å². The molecule has 0 radical (unpaired) electrons. The Balaban J connectivity index is 1.79. The number of likely N-dealkylation sites (tertiary alicyclic amines) is 1.